The third kappa shape index (κ3) is 11.0. The summed E-state index contributed by atoms with van der Waals surface area (Å²) in [5.74, 6) is -1.24. The highest BCUT2D eigenvalue weighted by molar-refractivity contribution is 5.91. The zero-order valence-corrected chi connectivity index (χ0v) is 15.1. The van der Waals surface area contributed by atoms with E-state index in [2.05, 4.69) is 16.0 Å². The second-order valence-electron chi connectivity index (χ2n) is 6.34. The monoisotopic (exact) mass is 358 g/mol. The van der Waals surface area contributed by atoms with E-state index in [0.717, 1.165) is 0 Å². The van der Waals surface area contributed by atoms with Crippen molar-refractivity contribution in [2.45, 2.75) is 65.0 Å². The Morgan fingerprint density at radius 1 is 1.08 bits per heavy atom. The molecule has 0 saturated carbocycles. The van der Waals surface area contributed by atoms with Crippen molar-refractivity contribution in [3.8, 4) is 0 Å². The normalized spacial score (nSPS) is 13.0. The van der Waals surface area contributed by atoms with E-state index in [-0.39, 0.29) is 31.2 Å². The van der Waals surface area contributed by atoms with Crippen LogP contribution in [-0.2, 0) is 14.4 Å². The minimum Gasteiger partial charge on any atom is -0.465 e. The molecule has 9 heteroatoms. The summed E-state index contributed by atoms with van der Waals surface area (Å²) in [6, 6.07) is -1.65. The van der Waals surface area contributed by atoms with Gasteiger partial charge in [0.05, 0.1) is 0 Å². The van der Waals surface area contributed by atoms with Gasteiger partial charge in [-0.25, -0.2) is 4.79 Å². The van der Waals surface area contributed by atoms with Crippen LogP contribution in [0.25, 0.3) is 0 Å². The number of nitrogens with two attached hydrogens (primary N) is 1. The molecule has 9 nitrogen and oxygen atoms in total. The largest absolute Gasteiger partial charge is 0.465 e. The summed E-state index contributed by atoms with van der Waals surface area (Å²) in [4.78, 5) is 46.2. The van der Waals surface area contributed by atoms with Gasteiger partial charge in [-0.3, -0.25) is 14.4 Å². The lowest BCUT2D eigenvalue weighted by molar-refractivity contribution is -0.131. The fourth-order valence-electron chi connectivity index (χ4n) is 2.25. The molecule has 0 aliphatic heterocycles. The van der Waals surface area contributed by atoms with Crippen LogP contribution >= 0.6 is 0 Å². The number of hydrogen-bond acceptors (Lipinski definition) is 4. The maximum atomic E-state index is 12.4. The number of carboxylic acid groups (broad SMARTS) is 1. The Balaban J connectivity index is 4.83. The first-order valence-electron chi connectivity index (χ1n) is 8.53. The molecule has 0 aromatic heterocycles. The summed E-state index contributed by atoms with van der Waals surface area (Å²) in [5.41, 5.74) is 5.32. The highest BCUT2D eigenvalue weighted by Gasteiger charge is 2.25. The highest BCUT2D eigenvalue weighted by Crippen LogP contribution is 2.06. The molecule has 2 atom stereocenters. The van der Waals surface area contributed by atoms with Crippen LogP contribution in [0.1, 0.15) is 52.9 Å². The van der Waals surface area contributed by atoms with E-state index in [1.165, 1.54) is 0 Å². The van der Waals surface area contributed by atoms with E-state index < -0.39 is 30.0 Å². The quantitative estimate of drug-likeness (QED) is 0.319. The molecule has 0 aliphatic carbocycles. The maximum Gasteiger partial charge on any atom is 0.404 e. The van der Waals surface area contributed by atoms with E-state index in [1.807, 2.05) is 20.8 Å². The fraction of sp³-hybridized carbons (Fsp3) is 0.750. The van der Waals surface area contributed by atoms with E-state index in [1.54, 1.807) is 0 Å². The van der Waals surface area contributed by atoms with Crippen molar-refractivity contribution in [2.75, 3.05) is 6.54 Å². The average Bonchev–Trinajstić information content (AvgIpc) is 2.48. The summed E-state index contributed by atoms with van der Waals surface area (Å²) in [6.45, 7) is 5.81. The van der Waals surface area contributed by atoms with Crippen LogP contribution in [0.5, 0.6) is 0 Å². The summed E-state index contributed by atoms with van der Waals surface area (Å²) in [6.07, 6.45) is 0.774. The highest BCUT2D eigenvalue weighted by atomic mass is 16.4. The summed E-state index contributed by atoms with van der Waals surface area (Å²) < 4.78 is 0. The van der Waals surface area contributed by atoms with Gasteiger partial charge in [0.25, 0.3) is 0 Å². The van der Waals surface area contributed by atoms with E-state index in [9.17, 15) is 19.2 Å². The van der Waals surface area contributed by atoms with Crippen LogP contribution in [0, 0.1) is 5.92 Å². The minimum atomic E-state index is -1.15. The van der Waals surface area contributed by atoms with E-state index >= 15 is 0 Å². The van der Waals surface area contributed by atoms with Crippen molar-refractivity contribution >= 4 is 23.8 Å². The molecule has 144 valence electrons. The molecular weight excluding hydrogens is 328 g/mol. The molecule has 25 heavy (non-hydrogen) atoms. The predicted octanol–water partition coefficient (Wildman–Crippen LogP) is 0.335. The molecule has 2 unspecified atom stereocenters. The third-order valence-corrected chi connectivity index (χ3v) is 3.44. The van der Waals surface area contributed by atoms with Crippen LogP contribution in [0.15, 0.2) is 0 Å². The average molecular weight is 358 g/mol. The number of hydrogen-bond donors (Lipinski definition) is 5. The molecule has 4 amide bonds. The standard InChI is InChI=1S/C16H30N4O5/c1-4-6-13(21)19-11(7-5-8-18-16(24)25)15(23)20-12(14(17)22)9-10(2)3/h10-12,18H,4-9H2,1-3H3,(H2,17,22)(H,19,21)(H,20,23)(H,24,25). The molecule has 0 spiro atoms. The molecule has 0 bridgehead atoms. The van der Waals surface area contributed by atoms with Crippen molar-refractivity contribution in [3.05, 3.63) is 0 Å². The zero-order chi connectivity index (χ0) is 19.4. The minimum absolute atomic E-state index is 0.158. The molecule has 0 saturated heterocycles. The molecule has 0 heterocycles. The number of rotatable bonds is 12. The van der Waals surface area contributed by atoms with Gasteiger partial charge >= 0.3 is 6.09 Å². The second kappa shape index (κ2) is 12.1. The maximum absolute atomic E-state index is 12.4. The summed E-state index contributed by atoms with van der Waals surface area (Å²) in [5, 5.41) is 16.0. The first kappa shape index (κ1) is 22.7. The zero-order valence-electron chi connectivity index (χ0n) is 15.1. The smallest absolute Gasteiger partial charge is 0.404 e. The Morgan fingerprint density at radius 3 is 2.20 bits per heavy atom. The molecular formula is C16H30N4O5. The van der Waals surface area contributed by atoms with Crippen LogP contribution in [0.4, 0.5) is 4.79 Å². The Morgan fingerprint density at radius 2 is 1.72 bits per heavy atom. The van der Waals surface area contributed by atoms with Crippen molar-refractivity contribution < 1.29 is 24.3 Å². The van der Waals surface area contributed by atoms with Crippen LogP contribution < -0.4 is 21.7 Å². The van der Waals surface area contributed by atoms with Crippen molar-refractivity contribution in [1.82, 2.24) is 16.0 Å². The SMILES string of the molecule is CCCC(=O)NC(CCCNC(=O)O)C(=O)NC(CC(C)C)C(N)=O. The van der Waals surface area contributed by atoms with E-state index in [0.29, 0.717) is 19.3 Å². The van der Waals surface area contributed by atoms with Gasteiger partial charge in [0.2, 0.25) is 17.7 Å². The lowest BCUT2D eigenvalue weighted by Gasteiger charge is -2.23. The molecule has 0 radical (unpaired) electrons. The van der Waals surface area contributed by atoms with E-state index in [4.69, 9.17) is 10.8 Å². The van der Waals surface area contributed by atoms with Crippen molar-refractivity contribution in [1.29, 1.82) is 0 Å². The first-order chi connectivity index (χ1) is 11.7. The van der Waals surface area contributed by atoms with Crippen LogP contribution in [-0.4, -0.2) is 47.5 Å². The number of carbonyl (C=O) groups is 4. The topological polar surface area (TPSA) is 151 Å². The van der Waals surface area contributed by atoms with Gasteiger partial charge in [0.1, 0.15) is 12.1 Å². The molecule has 0 fully saturated rings. The predicted molar refractivity (Wildman–Crippen MR) is 92.7 cm³/mol. The number of primary amides is 1. The van der Waals surface area contributed by atoms with Gasteiger partial charge in [-0.1, -0.05) is 20.8 Å². The number of nitrogens with one attached hydrogen (secondary N) is 3. The van der Waals surface area contributed by atoms with Crippen LogP contribution in [0.2, 0.25) is 0 Å². The molecule has 0 rings (SSSR count). The van der Waals surface area contributed by atoms with Crippen molar-refractivity contribution in [2.24, 2.45) is 11.7 Å². The molecule has 0 aliphatic rings. The second-order valence-corrected chi connectivity index (χ2v) is 6.34. The molecule has 0 aromatic rings. The molecule has 6 N–H and O–H groups in total. The van der Waals surface area contributed by atoms with Gasteiger partial charge < -0.3 is 26.8 Å². The first-order valence-corrected chi connectivity index (χ1v) is 8.53. The Hall–Kier alpha value is -2.32. The number of amides is 4. The fourth-order valence-corrected chi connectivity index (χ4v) is 2.25. The summed E-state index contributed by atoms with van der Waals surface area (Å²) in [7, 11) is 0. The van der Waals surface area contributed by atoms with Gasteiger partial charge in [0.15, 0.2) is 0 Å². The van der Waals surface area contributed by atoms with Gasteiger partial charge in [-0.15, -0.1) is 0 Å². The lowest BCUT2D eigenvalue weighted by Crippen LogP contribution is -2.53. The van der Waals surface area contributed by atoms with Crippen molar-refractivity contribution in [3.63, 3.8) is 0 Å². The Kier molecular flexibility index (Phi) is 11.0. The Bertz CT molecular complexity index is 467. The molecule has 0 aromatic carbocycles. The van der Waals surface area contributed by atoms with Crippen LogP contribution in [0.3, 0.4) is 0 Å². The van der Waals surface area contributed by atoms with Gasteiger partial charge in [-0.05, 0) is 31.6 Å². The van der Waals surface area contributed by atoms with Gasteiger partial charge in [-0.2, -0.15) is 0 Å². The van der Waals surface area contributed by atoms with Gasteiger partial charge in [0, 0.05) is 13.0 Å². The number of carbonyl (C=O) groups excluding carboxylic acids is 3. The third-order valence-electron chi connectivity index (χ3n) is 3.44. The Labute approximate surface area is 148 Å². The lowest BCUT2D eigenvalue weighted by atomic mass is 10.0. The summed E-state index contributed by atoms with van der Waals surface area (Å²) >= 11 is 0.